The molecule has 2 unspecified atom stereocenters. The van der Waals surface area contributed by atoms with Gasteiger partial charge in [-0.25, -0.2) is 4.39 Å². The monoisotopic (exact) mass is 244 g/mol. The first-order chi connectivity index (χ1) is 7.97. The molecule has 2 atom stereocenters. The van der Waals surface area contributed by atoms with Crippen molar-refractivity contribution >= 4 is 5.69 Å². The summed E-state index contributed by atoms with van der Waals surface area (Å²) in [7, 11) is 0. The predicted molar refractivity (Wildman–Crippen MR) is 57.7 cm³/mol. The molecule has 1 aromatic carbocycles. The normalized spacial score (nSPS) is 14.4. The minimum atomic E-state index is -1.53. The summed E-state index contributed by atoms with van der Waals surface area (Å²) in [4.78, 5) is 9.80. The Hall–Kier alpha value is -1.57. The third-order valence-electron chi connectivity index (χ3n) is 2.34. The van der Waals surface area contributed by atoms with Crippen molar-refractivity contribution < 1.29 is 19.5 Å². The lowest BCUT2D eigenvalue weighted by molar-refractivity contribution is -0.385. The van der Waals surface area contributed by atoms with Gasteiger partial charge in [-0.3, -0.25) is 10.1 Å². The van der Waals surface area contributed by atoms with E-state index < -0.39 is 22.9 Å². The lowest BCUT2D eigenvalue weighted by atomic mass is 10.0. The molecular formula is C10H13FN2O4. The Morgan fingerprint density at radius 2 is 2.12 bits per heavy atom. The van der Waals surface area contributed by atoms with E-state index in [-0.39, 0.29) is 24.2 Å². The number of hydrogen-bond acceptors (Lipinski definition) is 5. The fourth-order valence-electron chi connectivity index (χ4n) is 1.41. The summed E-state index contributed by atoms with van der Waals surface area (Å²) < 4.78 is 13.4. The number of benzene rings is 1. The fourth-order valence-corrected chi connectivity index (χ4v) is 1.41. The van der Waals surface area contributed by atoms with Crippen LogP contribution in [0, 0.1) is 15.9 Å². The number of halogens is 1. The Balaban J connectivity index is 3.03. The second-order valence-electron chi connectivity index (χ2n) is 3.55. The summed E-state index contributed by atoms with van der Waals surface area (Å²) in [5.74, 6) is -0.806. The summed E-state index contributed by atoms with van der Waals surface area (Å²) in [5, 5.41) is 29.6. The van der Waals surface area contributed by atoms with Crippen LogP contribution in [0.5, 0.6) is 0 Å². The zero-order chi connectivity index (χ0) is 13.0. The zero-order valence-corrected chi connectivity index (χ0v) is 8.91. The van der Waals surface area contributed by atoms with Crippen LogP contribution in [-0.4, -0.2) is 27.8 Å². The zero-order valence-electron chi connectivity index (χ0n) is 8.91. The van der Waals surface area contributed by atoms with Crippen LogP contribution in [0.15, 0.2) is 18.2 Å². The van der Waals surface area contributed by atoms with Gasteiger partial charge >= 0.3 is 0 Å². The quantitative estimate of drug-likeness (QED) is 0.515. The van der Waals surface area contributed by atoms with E-state index in [4.69, 9.17) is 5.73 Å². The molecule has 1 rings (SSSR count). The Morgan fingerprint density at radius 1 is 1.47 bits per heavy atom. The molecule has 0 aliphatic carbocycles. The molecule has 0 radical (unpaired) electrons. The molecular weight excluding hydrogens is 231 g/mol. The first-order valence-electron chi connectivity index (χ1n) is 4.97. The molecule has 0 amide bonds. The molecule has 0 aliphatic rings. The van der Waals surface area contributed by atoms with E-state index in [0.717, 1.165) is 18.2 Å². The lowest BCUT2D eigenvalue weighted by Crippen LogP contribution is -2.22. The van der Waals surface area contributed by atoms with Gasteiger partial charge in [0.25, 0.3) is 5.69 Å². The van der Waals surface area contributed by atoms with Gasteiger partial charge in [0.05, 0.1) is 11.0 Å². The number of non-ortho nitro benzene ring substituents is 1. The van der Waals surface area contributed by atoms with Crippen molar-refractivity contribution in [3.05, 3.63) is 39.7 Å². The molecule has 7 heteroatoms. The van der Waals surface area contributed by atoms with E-state index in [1.165, 1.54) is 0 Å². The van der Waals surface area contributed by atoms with Crippen molar-refractivity contribution in [2.24, 2.45) is 5.73 Å². The van der Waals surface area contributed by atoms with Gasteiger partial charge < -0.3 is 15.9 Å². The molecule has 0 fully saturated rings. The molecule has 0 bridgehead atoms. The first kappa shape index (κ1) is 13.5. The SMILES string of the molecule is NCCC(O)C(O)c1cc([N+](=O)[O-])ccc1F. The second kappa shape index (κ2) is 5.67. The number of rotatable bonds is 5. The van der Waals surface area contributed by atoms with Gasteiger partial charge in [-0.15, -0.1) is 0 Å². The number of hydrogen-bond donors (Lipinski definition) is 3. The van der Waals surface area contributed by atoms with Crippen LogP contribution in [-0.2, 0) is 0 Å². The van der Waals surface area contributed by atoms with Crippen molar-refractivity contribution in [1.82, 2.24) is 0 Å². The van der Waals surface area contributed by atoms with E-state index in [2.05, 4.69) is 0 Å². The molecule has 0 spiro atoms. The number of nitro groups is 1. The maximum atomic E-state index is 13.4. The minimum Gasteiger partial charge on any atom is -0.390 e. The Labute approximate surface area is 96.6 Å². The van der Waals surface area contributed by atoms with Gasteiger partial charge in [0.2, 0.25) is 0 Å². The Morgan fingerprint density at radius 3 is 2.65 bits per heavy atom. The van der Waals surface area contributed by atoms with E-state index in [9.17, 15) is 24.7 Å². The molecule has 94 valence electrons. The van der Waals surface area contributed by atoms with Crippen LogP contribution >= 0.6 is 0 Å². The van der Waals surface area contributed by atoms with Crippen LogP contribution in [0.4, 0.5) is 10.1 Å². The molecule has 4 N–H and O–H groups in total. The average molecular weight is 244 g/mol. The summed E-state index contributed by atoms with van der Waals surface area (Å²) in [6, 6.07) is 2.77. The van der Waals surface area contributed by atoms with Crippen LogP contribution in [0.3, 0.4) is 0 Å². The highest BCUT2D eigenvalue weighted by Crippen LogP contribution is 2.25. The van der Waals surface area contributed by atoms with Crippen molar-refractivity contribution in [2.75, 3.05) is 6.54 Å². The second-order valence-corrected chi connectivity index (χ2v) is 3.55. The molecule has 1 aromatic rings. The highest BCUT2D eigenvalue weighted by Gasteiger charge is 2.23. The summed E-state index contributed by atoms with van der Waals surface area (Å²) >= 11 is 0. The first-order valence-corrected chi connectivity index (χ1v) is 4.97. The van der Waals surface area contributed by atoms with Crippen LogP contribution in [0.25, 0.3) is 0 Å². The summed E-state index contributed by atoms with van der Waals surface area (Å²) in [5.41, 5.74) is 4.54. The van der Waals surface area contributed by atoms with Crippen molar-refractivity contribution in [2.45, 2.75) is 18.6 Å². The Kier molecular flexibility index (Phi) is 4.50. The molecule has 17 heavy (non-hydrogen) atoms. The largest absolute Gasteiger partial charge is 0.390 e. The lowest BCUT2D eigenvalue weighted by Gasteiger charge is -2.17. The van der Waals surface area contributed by atoms with E-state index in [0.29, 0.717) is 0 Å². The highest BCUT2D eigenvalue weighted by atomic mass is 19.1. The van der Waals surface area contributed by atoms with Crippen molar-refractivity contribution in [3.63, 3.8) is 0 Å². The van der Waals surface area contributed by atoms with Crippen LogP contribution < -0.4 is 5.73 Å². The van der Waals surface area contributed by atoms with Gasteiger partial charge in [0.15, 0.2) is 0 Å². The minimum absolute atomic E-state index is 0.0727. The molecule has 0 aliphatic heterocycles. The number of aliphatic hydroxyl groups is 2. The van der Waals surface area contributed by atoms with Crippen LogP contribution in [0.2, 0.25) is 0 Å². The molecule has 6 nitrogen and oxygen atoms in total. The number of nitrogens with two attached hydrogens (primary N) is 1. The fraction of sp³-hybridized carbons (Fsp3) is 0.400. The van der Waals surface area contributed by atoms with Crippen molar-refractivity contribution in [1.29, 1.82) is 0 Å². The predicted octanol–water partition coefficient (Wildman–Crippen LogP) is 0.477. The third-order valence-corrected chi connectivity index (χ3v) is 2.34. The molecule has 0 aromatic heterocycles. The maximum absolute atomic E-state index is 13.4. The Bertz CT molecular complexity index is 413. The van der Waals surface area contributed by atoms with Gasteiger partial charge in [-0.2, -0.15) is 0 Å². The number of nitro benzene ring substituents is 1. The highest BCUT2D eigenvalue weighted by molar-refractivity contribution is 5.36. The van der Waals surface area contributed by atoms with Crippen LogP contribution in [0.1, 0.15) is 18.1 Å². The van der Waals surface area contributed by atoms with E-state index in [1.807, 2.05) is 0 Å². The summed E-state index contributed by atoms with van der Waals surface area (Å²) in [6.45, 7) is 0.120. The van der Waals surface area contributed by atoms with E-state index >= 15 is 0 Å². The molecule has 0 heterocycles. The van der Waals surface area contributed by atoms with Gasteiger partial charge in [0.1, 0.15) is 11.9 Å². The van der Waals surface area contributed by atoms with Crippen molar-refractivity contribution in [3.8, 4) is 0 Å². The van der Waals surface area contributed by atoms with Gasteiger partial charge in [-0.05, 0) is 19.0 Å². The molecule has 0 saturated heterocycles. The van der Waals surface area contributed by atoms with E-state index in [1.54, 1.807) is 0 Å². The molecule has 0 saturated carbocycles. The third kappa shape index (κ3) is 3.19. The average Bonchev–Trinajstić information content (AvgIpc) is 2.28. The smallest absolute Gasteiger partial charge is 0.270 e. The standard InChI is InChI=1S/C10H13FN2O4/c11-8-2-1-6(13(16)17)5-7(8)10(15)9(14)3-4-12/h1-2,5,9-10,14-15H,3-4,12H2. The van der Waals surface area contributed by atoms with Gasteiger partial charge in [-0.1, -0.05) is 0 Å². The number of nitrogens with zero attached hydrogens (tertiary/aromatic N) is 1. The summed E-state index contributed by atoms with van der Waals surface area (Å²) in [6.07, 6.45) is -2.71. The van der Waals surface area contributed by atoms with Gasteiger partial charge in [0, 0.05) is 17.7 Å². The number of aliphatic hydroxyl groups excluding tert-OH is 2. The maximum Gasteiger partial charge on any atom is 0.270 e. The topological polar surface area (TPSA) is 110 Å².